The number of ether oxygens (including phenoxy) is 1. The molecule has 0 amide bonds. The largest absolute Gasteiger partial charge is 0.498 e. The topological polar surface area (TPSA) is 49.7 Å². The lowest BCUT2D eigenvalue weighted by atomic mass is 9.78. The van der Waals surface area contributed by atoms with E-state index in [1.807, 2.05) is 44.2 Å². The van der Waals surface area contributed by atoms with Crippen LogP contribution < -0.4 is 0 Å². The number of aliphatic hydroxyl groups is 2. The van der Waals surface area contributed by atoms with Gasteiger partial charge in [0.1, 0.15) is 11.9 Å². The highest BCUT2D eigenvalue weighted by molar-refractivity contribution is 5.76. The molecule has 2 N–H and O–H groups in total. The van der Waals surface area contributed by atoms with E-state index >= 15 is 0 Å². The Morgan fingerprint density at radius 2 is 1.84 bits per heavy atom. The Labute approximate surface area is 113 Å². The maximum atomic E-state index is 10.7. The molecular weight excluding hydrogens is 240 g/mol. The van der Waals surface area contributed by atoms with Crippen molar-refractivity contribution in [2.75, 3.05) is 7.11 Å². The summed E-state index contributed by atoms with van der Waals surface area (Å²) in [7, 11) is 1.51. The van der Waals surface area contributed by atoms with E-state index in [9.17, 15) is 10.2 Å². The molecule has 0 radical (unpaired) electrons. The summed E-state index contributed by atoms with van der Waals surface area (Å²) in [5.74, 6) is 0.249. The fraction of sp³-hybridized carbons (Fsp3) is 0.375. The van der Waals surface area contributed by atoms with E-state index in [-0.39, 0.29) is 5.92 Å². The first-order valence-electron chi connectivity index (χ1n) is 6.44. The van der Waals surface area contributed by atoms with E-state index in [1.165, 1.54) is 7.11 Å². The van der Waals surface area contributed by atoms with Crippen LogP contribution in [0.5, 0.6) is 0 Å². The Bertz CT molecular complexity index is 502. The molecule has 0 saturated carbocycles. The zero-order valence-corrected chi connectivity index (χ0v) is 11.5. The van der Waals surface area contributed by atoms with Crippen molar-refractivity contribution in [1.29, 1.82) is 0 Å². The number of allylic oxidation sites excluding steroid dienone is 2. The van der Waals surface area contributed by atoms with Crippen molar-refractivity contribution in [3.05, 3.63) is 53.8 Å². The minimum absolute atomic E-state index is 0.151. The van der Waals surface area contributed by atoms with Crippen LogP contribution in [-0.4, -0.2) is 29.0 Å². The fourth-order valence-electron chi connectivity index (χ4n) is 2.41. The standard InChI is InChI=1S/C16H20O3/c1-11(2)16(18)14(17)9-13(10-15(16)19-3)12-7-5-4-6-8-12/h4-11,14,17-18H,1-3H3. The van der Waals surface area contributed by atoms with Crippen LogP contribution in [-0.2, 0) is 4.74 Å². The van der Waals surface area contributed by atoms with Crippen LogP contribution in [0.15, 0.2) is 48.2 Å². The van der Waals surface area contributed by atoms with Crippen LogP contribution in [0, 0.1) is 5.92 Å². The van der Waals surface area contributed by atoms with E-state index in [0.717, 1.165) is 11.1 Å². The number of benzene rings is 1. The fourth-order valence-corrected chi connectivity index (χ4v) is 2.41. The van der Waals surface area contributed by atoms with Gasteiger partial charge in [0, 0.05) is 0 Å². The second-order valence-electron chi connectivity index (χ2n) is 5.13. The van der Waals surface area contributed by atoms with Gasteiger partial charge < -0.3 is 14.9 Å². The Hall–Kier alpha value is -1.58. The maximum absolute atomic E-state index is 10.7. The van der Waals surface area contributed by atoms with E-state index < -0.39 is 11.7 Å². The molecule has 0 heterocycles. The third-order valence-electron chi connectivity index (χ3n) is 3.68. The normalized spacial score (nSPS) is 26.9. The van der Waals surface area contributed by atoms with Crippen LogP contribution >= 0.6 is 0 Å². The lowest BCUT2D eigenvalue weighted by Crippen LogP contribution is -2.49. The van der Waals surface area contributed by atoms with Gasteiger partial charge in [-0.05, 0) is 29.2 Å². The predicted octanol–water partition coefficient (Wildman–Crippen LogP) is 2.36. The summed E-state index contributed by atoms with van der Waals surface area (Å²) >= 11 is 0. The molecule has 1 aliphatic rings. The lowest BCUT2D eigenvalue weighted by molar-refractivity contribution is -0.0873. The quantitative estimate of drug-likeness (QED) is 0.877. The van der Waals surface area contributed by atoms with E-state index in [2.05, 4.69) is 0 Å². The molecule has 102 valence electrons. The average Bonchev–Trinajstić information content (AvgIpc) is 2.42. The smallest absolute Gasteiger partial charge is 0.153 e. The van der Waals surface area contributed by atoms with Crippen LogP contribution in [0.25, 0.3) is 5.57 Å². The molecule has 0 fully saturated rings. The van der Waals surface area contributed by atoms with Crippen LogP contribution in [0.4, 0.5) is 0 Å². The van der Waals surface area contributed by atoms with E-state index in [0.29, 0.717) is 5.76 Å². The molecule has 1 aliphatic carbocycles. The number of hydrogen-bond donors (Lipinski definition) is 2. The SMILES string of the molecule is COC1=CC(c2ccccc2)=CC(O)C1(O)C(C)C. The predicted molar refractivity (Wildman–Crippen MR) is 75.3 cm³/mol. The van der Waals surface area contributed by atoms with E-state index in [1.54, 1.807) is 12.2 Å². The van der Waals surface area contributed by atoms with Crippen molar-refractivity contribution in [3.63, 3.8) is 0 Å². The molecule has 0 spiro atoms. The number of hydrogen-bond acceptors (Lipinski definition) is 3. The highest BCUT2D eigenvalue weighted by atomic mass is 16.5. The van der Waals surface area contributed by atoms with Gasteiger partial charge in [-0.15, -0.1) is 0 Å². The monoisotopic (exact) mass is 260 g/mol. The Kier molecular flexibility index (Phi) is 3.78. The Morgan fingerprint density at radius 1 is 1.21 bits per heavy atom. The molecule has 0 aliphatic heterocycles. The van der Waals surface area contributed by atoms with Gasteiger partial charge in [0.05, 0.1) is 7.11 Å². The molecular formula is C16H20O3. The zero-order chi connectivity index (χ0) is 14.0. The van der Waals surface area contributed by atoms with Crippen molar-refractivity contribution in [3.8, 4) is 0 Å². The summed E-state index contributed by atoms with van der Waals surface area (Å²) in [6, 6.07) is 9.73. The average molecular weight is 260 g/mol. The number of rotatable bonds is 3. The van der Waals surface area contributed by atoms with Crippen LogP contribution in [0.1, 0.15) is 19.4 Å². The maximum Gasteiger partial charge on any atom is 0.153 e. The summed E-state index contributed by atoms with van der Waals surface area (Å²) in [4.78, 5) is 0. The molecule has 19 heavy (non-hydrogen) atoms. The summed E-state index contributed by atoms with van der Waals surface area (Å²) in [6.07, 6.45) is 2.49. The van der Waals surface area contributed by atoms with Gasteiger partial charge >= 0.3 is 0 Å². The second-order valence-corrected chi connectivity index (χ2v) is 5.13. The third kappa shape index (κ3) is 2.31. The lowest BCUT2D eigenvalue weighted by Gasteiger charge is -2.39. The van der Waals surface area contributed by atoms with Gasteiger partial charge in [0.25, 0.3) is 0 Å². The summed E-state index contributed by atoms with van der Waals surface area (Å²) < 4.78 is 5.30. The van der Waals surface area contributed by atoms with E-state index in [4.69, 9.17) is 4.74 Å². The minimum Gasteiger partial charge on any atom is -0.498 e. The minimum atomic E-state index is -1.37. The Morgan fingerprint density at radius 3 is 2.37 bits per heavy atom. The highest BCUT2D eigenvalue weighted by Gasteiger charge is 2.45. The molecule has 1 aromatic rings. The van der Waals surface area contributed by atoms with Crippen molar-refractivity contribution >= 4 is 5.57 Å². The molecule has 3 heteroatoms. The van der Waals surface area contributed by atoms with Gasteiger partial charge in [-0.2, -0.15) is 0 Å². The molecule has 2 rings (SSSR count). The first-order chi connectivity index (χ1) is 9.00. The summed E-state index contributed by atoms with van der Waals surface area (Å²) in [5.41, 5.74) is 0.477. The first-order valence-corrected chi connectivity index (χ1v) is 6.44. The van der Waals surface area contributed by atoms with Crippen molar-refractivity contribution in [2.24, 2.45) is 5.92 Å². The molecule has 0 bridgehead atoms. The van der Waals surface area contributed by atoms with Gasteiger partial charge in [-0.3, -0.25) is 0 Å². The van der Waals surface area contributed by atoms with Crippen LogP contribution in [0.3, 0.4) is 0 Å². The number of aliphatic hydroxyl groups excluding tert-OH is 1. The van der Waals surface area contributed by atoms with Gasteiger partial charge in [-0.25, -0.2) is 0 Å². The molecule has 0 aromatic heterocycles. The van der Waals surface area contributed by atoms with Crippen molar-refractivity contribution in [2.45, 2.75) is 25.6 Å². The second kappa shape index (κ2) is 5.19. The Balaban J connectivity index is 2.45. The highest BCUT2D eigenvalue weighted by Crippen LogP contribution is 2.37. The molecule has 0 saturated heterocycles. The summed E-state index contributed by atoms with van der Waals surface area (Å²) in [5, 5.41) is 20.9. The van der Waals surface area contributed by atoms with Gasteiger partial charge in [0.2, 0.25) is 0 Å². The number of methoxy groups -OCH3 is 1. The third-order valence-corrected chi connectivity index (χ3v) is 3.68. The summed E-state index contributed by atoms with van der Waals surface area (Å²) in [6.45, 7) is 3.72. The van der Waals surface area contributed by atoms with Crippen LogP contribution in [0.2, 0.25) is 0 Å². The van der Waals surface area contributed by atoms with Gasteiger partial charge in [0.15, 0.2) is 5.60 Å². The first kappa shape index (κ1) is 13.8. The van der Waals surface area contributed by atoms with Crippen molar-refractivity contribution in [1.82, 2.24) is 0 Å². The molecule has 2 atom stereocenters. The molecule has 2 unspecified atom stereocenters. The zero-order valence-electron chi connectivity index (χ0n) is 11.5. The van der Waals surface area contributed by atoms with Gasteiger partial charge in [-0.1, -0.05) is 44.2 Å². The molecule has 3 nitrogen and oxygen atoms in total. The van der Waals surface area contributed by atoms with Crippen molar-refractivity contribution < 1.29 is 14.9 Å². The molecule has 1 aromatic carbocycles.